The van der Waals surface area contributed by atoms with Crippen molar-refractivity contribution in [1.29, 1.82) is 0 Å². The van der Waals surface area contributed by atoms with Crippen LogP contribution in [0, 0.1) is 6.92 Å². The van der Waals surface area contributed by atoms with Crippen molar-refractivity contribution in [3.63, 3.8) is 0 Å². The first-order chi connectivity index (χ1) is 5.26. The molecule has 0 radical (unpaired) electrons. The average molecular weight is 253 g/mol. The van der Waals surface area contributed by atoms with Gasteiger partial charge in [-0.2, -0.15) is 12.5 Å². The zero-order chi connectivity index (χ0) is 8.27. The van der Waals surface area contributed by atoms with Crippen LogP contribution >= 0.6 is 12.4 Å². The molecule has 0 amide bonds. The normalized spacial score (nSPS) is 7.85. The average Bonchev–Trinajstić information content (AvgIpc) is 2.03. The fraction of sp³-hybridized carbons (Fsp3) is 0.222. The quantitative estimate of drug-likeness (QED) is 0.594. The molecule has 0 aliphatic carbocycles. The standard InChI is InChI=1S/C9H11O2.ClH.Zn/c1-7-4-8(10-2)6-9(5-7)11-3;;/h4-6H,1H2,2-3H3;1H;/q-1;;. The Balaban J connectivity index is 0. The van der Waals surface area contributed by atoms with Crippen molar-refractivity contribution >= 4 is 12.4 Å². The van der Waals surface area contributed by atoms with Crippen molar-refractivity contribution in [3.8, 4) is 11.5 Å². The zero-order valence-electron chi connectivity index (χ0n) is 7.87. The first-order valence-corrected chi connectivity index (χ1v) is 3.31. The smallest absolute Gasteiger partial charge is 0.0759 e. The van der Waals surface area contributed by atoms with E-state index < -0.39 is 0 Å². The molecule has 0 N–H and O–H groups in total. The molecule has 1 rings (SSSR count). The Hall–Kier alpha value is -0.397. The van der Waals surface area contributed by atoms with Gasteiger partial charge in [0.05, 0.1) is 25.7 Å². The van der Waals surface area contributed by atoms with Crippen molar-refractivity contribution < 1.29 is 29.0 Å². The predicted octanol–water partition coefficient (Wildman–Crippen LogP) is 2.31. The second kappa shape index (κ2) is 7.05. The summed E-state index contributed by atoms with van der Waals surface area (Å²) in [5.41, 5.74) is 0.890. The van der Waals surface area contributed by atoms with Crippen LogP contribution in [0.3, 0.4) is 0 Å². The first kappa shape index (κ1) is 15.1. The van der Waals surface area contributed by atoms with Crippen LogP contribution < -0.4 is 9.47 Å². The van der Waals surface area contributed by atoms with Gasteiger partial charge < -0.3 is 9.47 Å². The minimum atomic E-state index is 0. The molecule has 1 aromatic rings. The number of halogens is 1. The number of hydrogen-bond acceptors (Lipinski definition) is 2. The summed E-state index contributed by atoms with van der Waals surface area (Å²) >= 11 is 0. The van der Waals surface area contributed by atoms with Crippen molar-refractivity contribution in [3.05, 3.63) is 30.7 Å². The number of hydrogen-bond donors (Lipinski definition) is 0. The van der Waals surface area contributed by atoms with Crippen LogP contribution in [0.25, 0.3) is 0 Å². The van der Waals surface area contributed by atoms with Crippen LogP contribution in [0.4, 0.5) is 0 Å². The Morgan fingerprint density at radius 3 is 1.69 bits per heavy atom. The van der Waals surface area contributed by atoms with Crippen molar-refractivity contribution in [2.24, 2.45) is 0 Å². The Labute approximate surface area is 97.8 Å². The van der Waals surface area contributed by atoms with Crippen molar-refractivity contribution in [2.45, 2.75) is 0 Å². The van der Waals surface area contributed by atoms with Crippen LogP contribution in [-0.2, 0) is 19.5 Å². The third-order valence-corrected chi connectivity index (χ3v) is 1.41. The molecule has 0 spiro atoms. The van der Waals surface area contributed by atoms with E-state index in [1.807, 2.05) is 18.2 Å². The van der Waals surface area contributed by atoms with Gasteiger partial charge in [-0.25, -0.2) is 0 Å². The number of benzene rings is 1. The van der Waals surface area contributed by atoms with E-state index in [0.29, 0.717) is 0 Å². The second-order valence-electron chi connectivity index (χ2n) is 2.22. The van der Waals surface area contributed by atoms with Gasteiger partial charge in [0.1, 0.15) is 0 Å². The first-order valence-electron chi connectivity index (χ1n) is 3.31. The molecule has 70 valence electrons. The molecule has 13 heavy (non-hydrogen) atoms. The molecule has 0 aliphatic rings. The maximum Gasteiger partial charge on any atom is 0.0759 e. The maximum absolute atomic E-state index is 5.02. The van der Waals surface area contributed by atoms with Gasteiger partial charge in [-0.3, -0.25) is 0 Å². The van der Waals surface area contributed by atoms with Crippen LogP contribution in [0.5, 0.6) is 11.5 Å². The molecule has 1 aromatic carbocycles. The van der Waals surface area contributed by atoms with Crippen LogP contribution in [0.15, 0.2) is 18.2 Å². The topological polar surface area (TPSA) is 18.5 Å². The summed E-state index contributed by atoms with van der Waals surface area (Å²) in [6.07, 6.45) is 0. The molecular weight excluding hydrogens is 241 g/mol. The molecule has 0 aromatic heterocycles. The van der Waals surface area contributed by atoms with E-state index >= 15 is 0 Å². The van der Waals surface area contributed by atoms with E-state index in [2.05, 4.69) is 6.92 Å². The second-order valence-corrected chi connectivity index (χ2v) is 2.22. The molecule has 0 atom stereocenters. The third-order valence-electron chi connectivity index (χ3n) is 1.41. The van der Waals surface area contributed by atoms with Crippen LogP contribution in [-0.4, -0.2) is 14.2 Å². The molecule has 2 nitrogen and oxygen atoms in total. The van der Waals surface area contributed by atoms with Gasteiger partial charge in [-0.05, 0) is 6.07 Å². The van der Waals surface area contributed by atoms with Gasteiger partial charge >= 0.3 is 0 Å². The summed E-state index contributed by atoms with van der Waals surface area (Å²) in [4.78, 5) is 0. The summed E-state index contributed by atoms with van der Waals surface area (Å²) in [7, 11) is 3.24. The molecule has 4 heteroatoms. The van der Waals surface area contributed by atoms with E-state index in [1.54, 1.807) is 14.2 Å². The van der Waals surface area contributed by atoms with Gasteiger partial charge in [0.2, 0.25) is 0 Å². The molecule has 0 saturated heterocycles. The Morgan fingerprint density at radius 2 is 1.38 bits per heavy atom. The minimum Gasteiger partial charge on any atom is -0.509 e. The molecular formula is C9H12ClO2Zn-. The van der Waals surface area contributed by atoms with E-state index in [4.69, 9.17) is 9.47 Å². The van der Waals surface area contributed by atoms with Crippen molar-refractivity contribution in [1.82, 2.24) is 0 Å². The number of ether oxygens (including phenoxy) is 2. The summed E-state index contributed by atoms with van der Waals surface area (Å²) < 4.78 is 10.0. The van der Waals surface area contributed by atoms with E-state index in [0.717, 1.165) is 17.1 Å². The Bertz CT molecular complexity index is 231. The van der Waals surface area contributed by atoms with Gasteiger partial charge in [0.15, 0.2) is 0 Å². The molecule has 0 bridgehead atoms. The number of rotatable bonds is 2. The summed E-state index contributed by atoms with van der Waals surface area (Å²) in [6, 6.07) is 5.51. The largest absolute Gasteiger partial charge is 0.509 e. The predicted molar refractivity (Wildman–Crippen MR) is 51.3 cm³/mol. The molecule has 0 saturated carbocycles. The van der Waals surface area contributed by atoms with Gasteiger partial charge in [-0.15, -0.1) is 24.5 Å². The summed E-state index contributed by atoms with van der Waals surface area (Å²) in [5.74, 6) is 1.55. The summed E-state index contributed by atoms with van der Waals surface area (Å²) in [5, 5.41) is 0. The van der Waals surface area contributed by atoms with Crippen LogP contribution in [0.2, 0.25) is 0 Å². The minimum absolute atomic E-state index is 0. The fourth-order valence-corrected chi connectivity index (χ4v) is 0.866. The summed E-state index contributed by atoms with van der Waals surface area (Å²) in [6.45, 7) is 3.78. The van der Waals surface area contributed by atoms with Gasteiger partial charge in [0.25, 0.3) is 0 Å². The molecule has 0 heterocycles. The van der Waals surface area contributed by atoms with Gasteiger partial charge in [-0.1, -0.05) is 0 Å². The zero-order valence-corrected chi connectivity index (χ0v) is 11.7. The Kier molecular flexibility index (Phi) is 8.18. The van der Waals surface area contributed by atoms with Gasteiger partial charge in [0, 0.05) is 19.5 Å². The van der Waals surface area contributed by atoms with Crippen LogP contribution in [0.1, 0.15) is 5.56 Å². The maximum atomic E-state index is 5.02. The molecule has 0 fully saturated rings. The number of methoxy groups -OCH3 is 2. The Morgan fingerprint density at radius 1 is 1.00 bits per heavy atom. The van der Waals surface area contributed by atoms with E-state index in [-0.39, 0.29) is 31.9 Å². The van der Waals surface area contributed by atoms with Crippen molar-refractivity contribution in [2.75, 3.05) is 14.2 Å². The third kappa shape index (κ3) is 4.40. The molecule has 0 unspecified atom stereocenters. The molecule has 0 aliphatic heterocycles. The SMILES string of the molecule is Cl.[CH2-]c1cc(OC)cc(OC)c1.[Zn]. The fourth-order valence-electron chi connectivity index (χ4n) is 0.866. The van der Waals surface area contributed by atoms with E-state index in [1.165, 1.54) is 0 Å². The van der Waals surface area contributed by atoms with E-state index in [9.17, 15) is 0 Å². The monoisotopic (exact) mass is 251 g/mol.